The van der Waals surface area contributed by atoms with Crippen molar-refractivity contribution in [2.45, 2.75) is 19.4 Å². The normalized spacial score (nSPS) is 11.9. The Kier molecular flexibility index (Phi) is 4.34. The molecule has 1 unspecified atom stereocenters. The van der Waals surface area contributed by atoms with E-state index in [4.69, 9.17) is 27.2 Å². The number of rotatable bonds is 4. The number of para-hydroxylation sites is 1. The number of carbonyl (C=O) groups excluding carboxylic acids is 1. The molecule has 5 nitrogen and oxygen atoms in total. The molecule has 92 valence electrons. The van der Waals surface area contributed by atoms with Crippen LogP contribution in [0.25, 0.3) is 0 Å². The summed E-state index contributed by atoms with van der Waals surface area (Å²) in [6.45, 7) is 1.60. The third-order valence-corrected chi connectivity index (χ3v) is 2.50. The maximum Gasteiger partial charge on any atom is 0.345 e. The molecule has 0 aliphatic rings. The Hall–Kier alpha value is -1.75. The minimum absolute atomic E-state index is 0.0669. The van der Waals surface area contributed by atoms with Crippen LogP contribution in [0.2, 0.25) is 5.02 Å². The predicted octanol–water partition coefficient (Wildman–Crippen LogP) is 1.94. The molecule has 0 aliphatic carbocycles. The van der Waals surface area contributed by atoms with Gasteiger partial charge in [-0.1, -0.05) is 24.6 Å². The molecule has 0 aromatic heterocycles. The SMILES string of the molecule is CCC(OC(=O)c1cccc(Cl)c1N)C(=O)O. The molecule has 0 amide bonds. The second-order valence-electron chi connectivity index (χ2n) is 3.34. The van der Waals surface area contributed by atoms with E-state index in [0.29, 0.717) is 0 Å². The van der Waals surface area contributed by atoms with Gasteiger partial charge in [0.1, 0.15) is 0 Å². The minimum Gasteiger partial charge on any atom is -0.479 e. The quantitative estimate of drug-likeness (QED) is 0.635. The first-order valence-electron chi connectivity index (χ1n) is 4.95. The predicted molar refractivity (Wildman–Crippen MR) is 63.0 cm³/mol. The van der Waals surface area contributed by atoms with Gasteiger partial charge in [0.2, 0.25) is 0 Å². The summed E-state index contributed by atoms with van der Waals surface area (Å²) in [4.78, 5) is 22.4. The molecule has 0 radical (unpaired) electrons. The van der Waals surface area contributed by atoms with Crippen LogP contribution in [-0.4, -0.2) is 23.1 Å². The van der Waals surface area contributed by atoms with Crippen molar-refractivity contribution in [1.29, 1.82) is 0 Å². The van der Waals surface area contributed by atoms with Gasteiger partial charge in [0, 0.05) is 0 Å². The topological polar surface area (TPSA) is 89.6 Å². The number of carboxylic acids is 1. The van der Waals surface area contributed by atoms with Gasteiger partial charge in [-0.05, 0) is 18.6 Å². The summed E-state index contributed by atoms with van der Waals surface area (Å²) >= 11 is 5.74. The zero-order chi connectivity index (χ0) is 13.0. The summed E-state index contributed by atoms with van der Waals surface area (Å²) in [5.74, 6) is -1.99. The van der Waals surface area contributed by atoms with Crippen LogP contribution in [0.3, 0.4) is 0 Å². The number of nitrogen functional groups attached to an aromatic ring is 1. The molecule has 0 fully saturated rings. The molecule has 17 heavy (non-hydrogen) atoms. The molecule has 0 heterocycles. The first kappa shape index (κ1) is 13.3. The number of hydrogen-bond acceptors (Lipinski definition) is 4. The highest BCUT2D eigenvalue weighted by Gasteiger charge is 2.22. The van der Waals surface area contributed by atoms with Crippen LogP contribution >= 0.6 is 11.6 Å². The number of esters is 1. The van der Waals surface area contributed by atoms with Crippen molar-refractivity contribution < 1.29 is 19.4 Å². The van der Waals surface area contributed by atoms with Crippen LogP contribution < -0.4 is 5.73 Å². The fraction of sp³-hybridized carbons (Fsp3) is 0.273. The summed E-state index contributed by atoms with van der Waals surface area (Å²) in [6.07, 6.45) is -0.998. The molecular weight excluding hydrogens is 246 g/mol. The Morgan fingerprint density at radius 3 is 2.71 bits per heavy atom. The Morgan fingerprint density at radius 2 is 2.18 bits per heavy atom. The lowest BCUT2D eigenvalue weighted by atomic mass is 10.2. The number of benzene rings is 1. The average Bonchev–Trinajstić information content (AvgIpc) is 2.28. The molecule has 1 aromatic rings. The van der Waals surface area contributed by atoms with Crippen molar-refractivity contribution in [3.63, 3.8) is 0 Å². The van der Waals surface area contributed by atoms with Gasteiger partial charge in [-0.25, -0.2) is 9.59 Å². The lowest BCUT2D eigenvalue weighted by molar-refractivity contribution is -0.147. The summed E-state index contributed by atoms with van der Waals surface area (Å²) < 4.78 is 4.81. The number of anilines is 1. The molecule has 0 saturated heterocycles. The number of carbonyl (C=O) groups is 2. The highest BCUT2D eigenvalue weighted by Crippen LogP contribution is 2.23. The standard InChI is InChI=1S/C11H12ClNO4/c1-2-8(10(14)15)17-11(16)6-4-3-5-7(12)9(6)13/h3-5,8H,2,13H2,1H3,(H,14,15). The van der Waals surface area contributed by atoms with Crippen LogP contribution in [0.5, 0.6) is 0 Å². The summed E-state index contributed by atoms with van der Waals surface area (Å²) in [5, 5.41) is 8.98. The monoisotopic (exact) mass is 257 g/mol. The van der Waals surface area contributed by atoms with E-state index in [2.05, 4.69) is 0 Å². The highest BCUT2D eigenvalue weighted by molar-refractivity contribution is 6.33. The Morgan fingerprint density at radius 1 is 1.53 bits per heavy atom. The van der Waals surface area contributed by atoms with Crippen LogP contribution in [0.4, 0.5) is 5.69 Å². The van der Waals surface area contributed by atoms with E-state index in [0.717, 1.165) is 0 Å². The van der Waals surface area contributed by atoms with Crippen molar-refractivity contribution in [1.82, 2.24) is 0 Å². The lowest BCUT2D eigenvalue weighted by Crippen LogP contribution is -2.26. The highest BCUT2D eigenvalue weighted by atomic mass is 35.5. The third-order valence-electron chi connectivity index (χ3n) is 2.17. The van der Waals surface area contributed by atoms with Crippen LogP contribution in [0.1, 0.15) is 23.7 Å². The third kappa shape index (κ3) is 3.10. The van der Waals surface area contributed by atoms with E-state index >= 15 is 0 Å². The molecule has 0 aliphatic heterocycles. The second kappa shape index (κ2) is 5.54. The fourth-order valence-corrected chi connectivity index (χ4v) is 1.39. The summed E-state index contributed by atoms with van der Waals surface area (Å²) in [5.41, 5.74) is 5.75. The first-order chi connectivity index (χ1) is 7.97. The van der Waals surface area contributed by atoms with Gasteiger partial charge in [-0.15, -0.1) is 0 Å². The average molecular weight is 258 g/mol. The molecular formula is C11H12ClNO4. The Bertz CT molecular complexity index is 447. The van der Waals surface area contributed by atoms with E-state index in [1.165, 1.54) is 18.2 Å². The van der Waals surface area contributed by atoms with Gasteiger partial charge in [-0.3, -0.25) is 0 Å². The molecule has 0 saturated carbocycles. The molecule has 0 spiro atoms. The first-order valence-corrected chi connectivity index (χ1v) is 5.33. The maximum atomic E-state index is 11.7. The number of halogens is 1. The number of hydrogen-bond donors (Lipinski definition) is 2. The fourth-order valence-electron chi connectivity index (χ4n) is 1.22. The molecule has 3 N–H and O–H groups in total. The summed E-state index contributed by atoms with van der Waals surface area (Å²) in [6, 6.07) is 4.50. The molecule has 1 aromatic carbocycles. The van der Waals surface area contributed by atoms with Gasteiger partial charge in [0.25, 0.3) is 0 Å². The van der Waals surface area contributed by atoms with E-state index in [-0.39, 0.29) is 22.7 Å². The number of aliphatic carboxylic acids is 1. The summed E-state index contributed by atoms with van der Waals surface area (Å²) in [7, 11) is 0. The Labute approximate surface area is 103 Å². The number of ether oxygens (including phenoxy) is 1. The zero-order valence-corrected chi connectivity index (χ0v) is 9.90. The van der Waals surface area contributed by atoms with Crippen molar-refractivity contribution in [2.24, 2.45) is 0 Å². The molecule has 1 atom stereocenters. The largest absolute Gasteiger partial charge is 0.479 e. The van der Waals surface area contributed by atoms with Gasteiger partial charge < -0.3 is 15.6 Å². The van der Waals surface area contributed by atoms with Gasteiger partial charge in [0.05, 0.1) is 16.3 Å². The molecule has 6 heteroatoms. The number of nitrogens with two attached hydrogens (primary N) is 1. The lowest BCUT2D eigenvalue weighted by Gasteiger charge is -2.12. The van der Waals surface area contributed by atoms with Crippen molar-refractivity contribution >= 4 is 29.2 Å². The zero-order valence-electron chi connectivity index (χ0n) is 9.14. The van der Waals surface area contributed by atoms with Crippen molar-refractivity contribution in [3.8, 4) is 0 Å². The van der Waals surface area contributed by atoms with E-state index in [9.17, 15) is 9.59 Å². The second-order valence-corrected chi connectivity index (χ2v) is 3.75. The van der Waals surface area contributed by atoms with Gasteiger partial charge in [0.15, 0.2) is 6.10 Å². The van der Waals surface area contributed by atoms with Gasteiger partial charge >= 0.3 is 11.9 Å². The molecule has 1 rings (SSSR count). The van der Waals surface area contributed by atoms with Crippen LogP contribution in [0.15, 0.2) is 18.2 Å². The van der Waals surface area contributed by atoms with Crippen LogP contribution in [-0.2, 0) is 9.53 Å². The maximum absolute atomic E-state index is 11.7. The van der Waals surface area contributed by atoms with Crippen molar-refractivity contribution in [3.05, 3.63) is 28.8 Å². The minimum atomic E-state index is -1.19. The van der Waals surface area contributed by atoms with Crippen molar-refractivity contribution in [2.75, 3.05) is 5.73 Å². The van der Waals surface area contributed by atoms with E-state index in [1.807, 2.05) is 0 Å². The van der Waals surface area contributed by atoms with E-state index in [1.54, 1.807) is 6.92 Å². The van der Waals surface area contributed by atoms with E-state index < -0.39 is 18.0 Å². The smallest absolute Gasteiger partial charge is 0.345 e. The molecule has 0 bridgehead atoms. The van der Waals surface area contributed by atoms with Crippen LogP contribution in [0, 0.1) is 0 Å². The Balaban J connectivity index is 2.90. The number of carboxylic acid groups (broad SMARTS) is 1. The van der Waals surface area contributed by atoms with Gasteiger partial charge in [-0.2, -0.15) is 0 Å².